The fourth-order valence-electron chi connectivity index (χ4n) is 4.14. The summed E-state index contributed by atoms with van der Waals surface area (Å²) >= 11 is 0. The van der Waals surface area contributed by atoms with Crippen molar-refractivity contribution in [2.75, 3.05) is 20.2 Å². The number of nitrogens with zero attached hydrogens (tertiary/aromatic N) is 3. The minimum absolute atomic E-state index is 0.0639. The molecule has 1 atom stereocenters. The monoisotopic (exact) mass is 482 g/mol. The van der Waals surface area contributed by atoms with Crippen molar-refractivity contribution in [2.24, 2.45) is 0 Å². The van der Waals surface area contributed by atoms with E-state index < -0.39 is 10.0 Å². The Hall–Kier alpha value is -3.01. The lowest BCUT2D eigenvalue weighted by Crippen LogP contribution is -2.32. The molecule has 0 unspecified atom stereocenters. The molecule has 1 aromatic heterocycles. The summed E-state index contributed by atoms with van der Waals surface area (Å²) in [6, 6.07) is 16.0. The second kappa shape index (κ2) is 10.1. The number of amides is 1. The molecule has 4 rings (SSSR count). The predicted octanol–water partition coefficient (Wildman–Crippen LogP) is 3.22. The Morgan fingerprint density at radius 3 is 2.65 bits per heavy atom. The predicted molar refractivity (Wildman–Crippen MR) is 129 cm³/mol. The van der Waals surface area contributed by atoms with E-state index in [2.05, 4.69) is 9.82 Å². The molecular weight excluding hydrogens is 452 g/mol. The Labute approximate surface area is 200 Å². The Balaban J connectivity index is 1.49. The molecule has 0 spiro atoms. The van der Waals surface area contributed by atoms with Crippen molar-refractivity contribution in [3.8, 4) is 5.69 Å². The molecule has 1 aliphatic heterocycles. The van der Waals surface area contributed by atoms with E-state index in [4.69, 9.17) is 4.74 Å². The van der Waals surface area contributed by atoms with E-state index in [1.165, 1.54) is 12.1 Å². The molecular formula is C25H30N4O4S. The van der Waals surface area contributed by atoms with Crippen molar-refractivity contribution in [3.63, 3.8) is 0 Å². The summed E-state index contributed by atoms with van der Waals surface area (Å²) in [5, 5.41) is 4.65. The molecule has 1 fully saturated rings. The average Bonchev–Trinajstić information content (AvgIpc) is 3.47. The van der Waals surface area contributed by atoms with E-state index in [0.29, 0.717) is 18.7 Å². The molecule has 1 aliphatic rings. The molecule has 2 aromatic carbocycles. The number of carbonyl (C=O) groups excluding carboxylic acids is 1. The van der Waals surface area contributed by atoms with Gasteiger partial charge in [0.05, 0.1) is 22.4 Å². The summed E-state index contributed by atoms with van der Waals surface area (Å²) in [5.74, 6) is -0.262. The van der Waals surface area contributed by atoms with Gasteiger partial charge in [-0.15, -0.1) is 0 Å². The molecule has 0 bridgehead atoms. The fourth-order valence-corrected chi connectivity index (χ4v) is 5.25. The maximum Gasteiger partial charge on any atom is 0.253 e. The van der Waals surface area contributed by atoms with Crippen LogP contribution in [0.5, 0.6) is 0 Å². The number of hydrogen-bond donors (Lipinski definition) is 1. The van der Waals surface area contributed by atoms with Crippen LogP contribution in [-0.4, -0.2) is 55.3 Å². The summed E-state index contributed by atoms with van der Waals surface area (Å²) in [7, 11) is -2.04. The summed E-state index contributed by atoms with van der Waals surface area (Å²) < 4.78 is 35.5. The number of aromatic nitrogens is 2. The Bertz CT molecular complexity index is 1270. The first-order valence-corrected chi connectivity index (χ1v) is 12.8. The number of para-hydroxylation sites is 1. The van der Waals surface area contributed by atoms with E-state index in [1.807, 2.05) is 48.9 Å². The Morgan fingerprint density at radius 2 is 1.94 bits per heavy atom. The lowest BCUT2D eigenvalue weighted by molar-refractivity contribution is 0.0784. The number of nitrogens with one attached hydrogen (secondary N) is 1. The molecule has 0 saturated carbocycles. The number of sulfonamides is 1. The van der Waals surface area contributed by atoms with E-state index >= 15 is 0 Å². The van der Waals surface area contributed by atoms with Crippen molar-refractivity contribution < 1.29 is 17.9 Å². The van der Waals surface area contributed by atoms with Crippen LogP contribution in [0.2, 0.25) is 0 Å². The zero-order valence-electron chi connectivity index (χ0n) is 19.7. The number of rotatable bonds is 8. The van der Waals surface area contributed by atoms with Crippen molar-refractivity contribution >= 4 is 15.9 Å². The zero-order chi connectivity index (χ0) is 24.3. The highest BCUT2D eigenvalue weighted by molar-refractivity contribution is 7.89. The van der Waals surface area contributed by atoms with Crippen LogP contribution < -0.4 is 4.72 Å². The molecule has 9 heteroatoms. The van der Waals surface area contributed by atoms with Gasteiger partial charge in [-0.1, -0.05) is 24.3 Å². The number of benzene rings is 2. The average molecular weight is 483 g/mol. The first-order chi connectivity index (χ1) is 16.3. The highest BCUT2D eigenvalue weighted by atomic mass is 32.2. The first kappa shape index (κ1) is 24.1. The number of ether oxygens (including phenoxy) is 1. The molecule has 0 aliphatic carbocycles. The van der Waals surface area contributed by atoms with Gasteiger partial charge in [-0.05, 0) is 57.0 Å². The summed E-state index contributed by atoms with van der Waals surface area (Å²) in [4.78, 5) is 14.8. The van der Waals surface area contributed by atoms with E-state index in [-0.39, 0.29) is 23.5 Å². The Kier molecular flexibility index (Phi) is 7.16. The number of aryl methyl sites for hydroxylation is 1. The summed E-state index contributed by atoms with van der Waals surface area (Å²) in [6.45, 7) is 5.15. The maximum absolute atomic E-state index is 13.2. The van der Waals surface area contributed by atoms with Crippen LogP contribution >= 0.6 is 0 Å². The van der Waals surface area contributed by atoms with Gasteiger partial charge in [0.15, 0.2) is 0 Å². The third kappa shape index (κ3) is 5.22. The van der Waals surface area contributed by atoms with Gasteiger partial charge >= 0.3 is 0 Å². The van der Waals surface area contributed by atoms with Crippen molar-refractivity contribution in [3.05, 3.63) is 77.1 Å². The molecule has 1 amide bonds. The third-order valence-electron chi connectivity index (χ3n) is 6.10. The number of carbonyl (C=O) groups is 1. The third-order valence-corrected chi connectivity index (χ3v) is 7.52. The van der Waals surface area contributed by atoms with Crippen molar-refractivity contribution in [1.82, 2.24) is 19.4 Å². The van der Waals surface area contributed by atoms with Gasteiger partial charge in [0.25, 0.3) is 5.91 Å². The quantitative estimate of drug-likeness (QED) is 0.532. The smallest absolute Gasteiger partial charge is 0.253 e. The Morgan fingerprint density at radius 1 is 1.18 bits per heavy atom. The molecule has 180 valence electrons. The van der Waals surface area contributed by atoms with Crippen molar-refractivity contribution in [1.29, 1.82) is 0 Å². The van der Waals surface area contributed by atoms with E-state index in [0.717, 1.165) is 35.5 Å². The zero-order valence-corrected chi connectivity index (χ0v) is 20.5. The van der Waals surface area contributed by atoms with Crippen LogP contribution in [0.15, 0.2) is 59.5 Å². The molecule has 34 heavy (non-hydrogen) atoms. The SMILES string of the molecule is Cc1nn(-c2ccccc2)c(C)c1CN(C)C(=O)c1cccc(S(=O)(=O)NC[C@@H]2CCCO2)c1. The second-order valence-electron chi connectivity index (χ2n) is 8.57. The van der Waals surface area contributed by atoms with Crippen LogP contribution in [-0.2, 0) is 21.3 Å². The largest absolute Gasteiger partial charge is 0.377 e. The van der Waals surface area contributed by atoms with Crippen LogP contribution in [0.25, 0.3) is 5.69 Å². The minimum atomic E-state index is -3.74. The topological polar surface area (TPSA) is 93.5 Å². The standard InChI is InChI=1S/C25H30N4O4S/c1-18-24(19(2)29(27-18)21-10-5-4-6-11-21)17-28(3)25(30)20-9-7-13-23(15-20)34(31,32)26-16-22-12-8-14-33-22/h4-7,9-11,13,15,22,26H,8,12,14,16-17H2,1-3H3/t22-/m0/s1. The molecule has 0 radical (unpaired) electrons. The maximum atomic E-state index is 13.2. The van der Waals surface area contributed by atoms with Gasteiger partial charge < -0.3 is 9.64 Å². The van der Waals surface area contributed by atoms with Crippen molar-refractivity contribution in [2.45, 2.75) is 44.2 Å². The number of hydrogen-bond acceptors (Lipinski definition) is 5. The van der Waals surface area contributed by atoms with Gasteiger partial charge in [0.1, 0.15) is 0 Å². The molecule has 1 N–H and O–H groups in total. The lowest BCUT2D eigenvalue weighted by Gasteiger charge is -2.18. The van der Waals surface area contributed by atoms with E-state index in [1.54, 1.807) is 24.1 Å². The van der Waals surface area contributed by atoms with Gasteiger partial charge in [0, 0.05) is 43.6 Å². The van der Waals surface area contributed by atoms with Crippen LogP contribution in [0.1, 0.15) is 40.2 Å². The fraction of sp³-hybridized carbons (Fsp3) is 0.360. The van der Waals surface area contributed by atoms with Crippen LogP contribution in [0.3, 0.4) is 0 Å². The minimum Gasteiger partial charge on any atom is -0.377 e. The normalized spacial score (nSPS) is 16.0. The molecule has 2 heterocycles. The summed E-state index contributed by atoms with van der Waals surface area (Å²) in [5.41, 5.74) is 4.03. The van der Waals surface area contributed by atoms with Gasteiger partial charge in [-0.2, -0.15) is 5.10 Å². The summed E-state index contributed by atoms with van der Waals surface area (Å²) in [6.07, 6.45) is 1.67. The highest BCUT2D eigenvalue weighted by Crippen LogP contribution is 2.21. The van der Waals surface area contributed by atoms with E-state index in [9.17, 15) is 13.2 Å². The van der Waals surface area contributed by atoms with Gasteiger partial charge in [0.2, 0.25) is 10.0 Å². The molecule has 8 nitrogen and oxygen atoms in total. The molecule has 3 aromatic rings. The molecule has 1 saturated heterocycles. The second-order valence-corrected chi connectivity index (χ2v) is 10.3. The van der Waals surface area contributed by atoms with Crippen LogP contribution in [0.4, 0.5) is 0 Å². The first-order valence-electron chi connectivity index (χ1n) is 11.3. The lowest BCUT2D eigenvalue weighted by atomic mass is 10.1. The van der Waals surface area contributed by atoms with Crippen LogP contribution in [0, 0.1) is 13.8 Å². The van der Waals surface area contributed by atoms with Gasteiger partial charge in [-0.3, -0.25) is 4.79 Å². The highest BCUT2D eigenvalue weighted by Gasteiger charge is 2.23. The van der Waals surface area contributed by atoms with Gasteiger partial charge in [-0.25, -0.2) is 17.8 Å².